The minimum atomic E-state index is 0.193. The van der Waals surface area contributed by atoms with Gasteiger partial charge in [0.15, 0.2) is 5.16 Å². The van der Waals surface area contributed by atoms with Gasteiger partial charge in [-0.05, 0) is 31.7 Å². The first-order valence-electron chi connectivity index (χ1n) is 5.45. The predicted molar refractivity (Wildman–Crippen MR) is 68.6 cm³/mol. The van der Waals surface area contributed by atoms with Crippen molar-refractivity contribution in [1.82, 2.24) is 24.9 Å². The smallest absolute Gasteiger partial charge is 0.323 e. The Kier molecular flexibility index (Phi) is 4.10. The number of aryl methyl sites for hydroxylation is 2. The van der Waals surface area contributed by atoms with Gasteiger partial charge in [0.25, 0.3) is 0 Å². The molecule has 0 radical (unpaired) electrons. The third-order valence-corrected chi connectivity index (χ3v) is 2.81. The van der Waals surface area contributed by atoms with Crippen LogP contribution in [-0.4, -0.2) is 39.1 Å². The zero-order chi connectivity index (χ0) is 13.8. The van der Waals surface area contributed by atoms with Gasteiger partial charge in [0.05, 0.1) is 14.2 Å². The lowest BCUT2D eigenvalue weighted by atomic mass is 10.4. The van der Waals surface area contributed by atoms with Gasteiger partial charge in [-0.2, -0.15) is 9.97 Å². The predicted octanol–water partition coefficient (Wildman–Crippen LogP) is 1.45. The highest BCUT2D eigenvalue weighted by Crippen LogP contribution is 2.24. The lowest BCUT2D eigenvalue weighted by Crippen LogP contribution is -2.01. The van der Waals surface area contributed by atoms with Crippen molar-refractivity contribution in [2.24, 2.45) is 0 Å². The topological polar surface area (TPSA) is 82.9 Å². The number of methoxy groups -OCH3 is 2. The number of ether oxygens (including phenoxy) is 2. The Morgan fingerprint density at radius 3 is 1.74 bits per heavy atom. The lowest BCUT2D eigenvalue weighted by molar-refractivity contribution is 0.332. The molecule has 0 N–H and O–H groups in total. The second-order valence-electron chi connectivity index (χ2n) is 3.63. The molecule has 8 heteroatoms. The van der Waals surface area contributed by atoms with Crippen LogP contribution in [0.15, 0.2) is 16.4 Å². The van der Waals surface area contributed by atoms with Gasteiger partial charge in [-0.1, -0.05) is 0 Å². The van der Waals surface area contributed by atoms with Gasteiger partial charge in [0.1, 0.15) is 0 Å². The fourth-order valence-electron chi connectivity index (χ4n) is 1.37. The lowest BCUT2D eigenvalue weighted by Gasteiger charge is -2.04. The molecule has 100 valence electrons. The minimum Gasteiger partial charge on any atom is -0.467 e. The van der Waals surface area contributed by atoms with Crippen molar-refractivity contribution in [2.45, 2.75) is 24.2 Å². The second kappa shape index (κ2) is 5.79. The third-order valence-electron chi connectivity index (χ3n) is 2.08. The standard InChI is InChI=1S/C11H13N5O2S/c1-6-5-7(2)13-10(12-6)19-11-15-8(17-3)14-9(16-11)18-4/h5H,1-4H3. The number of aromatic nitrogens is 5. The summed E-state index contributed by atoms with van der Waals surface area (Å²) in [6.07, 6.45) is 0. The molecule has 0 fully saturated rings. The van der Waals surface area contributed by atoms with Crippen LogP contribution >= 0.6 is 11.8 Å². The van der Waals surface area contributed by atoms with E-state index in [4.69, 9.17) is 9.47 Å². The highest BCUT2D eigenvalue weighted by atomic mass is 32.2. The van der Waals surface area contributed by atoms with Crippen molar-refractivity contribution in [3.63, 3.8) is 0 Å². The van der Waals surface area contributed by atoms with Crippen LogP contribution in [0, 0.1) is 13.8 Å². The summed E-state index contributed by atoms with van der Waals surface area (Å²) in [6, 6.07) is 2.29. The fraction of sp³-hybridized carbons (Fsp3) is 0.364. The molecule has 0 amide bonds. The molecule has 0 aliphatic rings. The average Bonchev–Trinajstić information content (AvgIpc) is 2.37. The molecule has 0 aromatic carbocycles. The Balaban J connectivity index is 2.31. The number of hydrogen-bond acceptors (Lipinski definition) is 8. The molecule has 0 aliphatic carbocycles. The molecule has 2 aromatic heterocycles. The Bertz CT molecular complexity index is 551. The summed E-state index contributed by atoms with van der Waals surface area (Å²) in [6.45, 7) is 3.82. The zero-order valence-electron chi connectivity index (χ0n) is 11.0. The summed E-state index contributed by atoms with van der Waals surface area (Å²) in [4.78, 5) is 20.8. The van der Waals surface area contributed by atoms with E-state index < -0.39 is 0 Å². The van der Waals surface area contributed by atoms with Gasteiger partial charge >= 0.3 is 12.0 Å². The van der Waals surface area contributed by atoms with E-state index in [0.717, 1.165) is 11.4 Å². The van der Waals surface area contributed by atoms with Crippen molar-refractivity contribution in [1.29, 1.82) is 0 Å². The Morgan fingerprint density at radius 2 is 1.26 bits per heavy atom. The molecule has 0 bridgehead atoms. The molecule has 0 aliphatic heterocycles. The van der Waals surface area contributed by atoms with Gasteiger partial charge in [-0.3, -0.25) is 0 Å². The van der Waals surface area contributed by atoms with Crippen molar-refractivity contribution in [2.75, 3.05) is 14.2 Å². The molecular weight excluding hydrogens is 266 g/mol. The van der Waals surface area contributed by atoms with E-state index in [0.29, 0.717) is 10.3 Å². The van der Waals surface area contributed by atoms with Gasteiger partial charge < -0.3 is 9.47 Å². The summed E-state index contributed by atoms with van der Waals surface area (Å²) in [7, 11) is 2.97. The van der Waals surface area contributed by atoms with E-state index in [1.807, 2.05) is 19.9 Å². The van der Waals surface area contributed by atoms with Crippen molar-refractivity contribution >= 4 is 11.8 Å². The molecule has 0 spiro atoms. The Hall–Kier alpha value is -1.96. The first kappa shape index (κ1) is 13.5. The second-order valence-corrected chi connectivity index (χ2v) is 4.56. The van der Waals surface area contributed by atoms with Crippen molar-refractivity contribution in [3.05, 3.63) is 17.5 Å². The first-order valence-corrected chi connectivity index (χ1v) is 6.26. The van der Waals surface area contributed by atoms with Crippen LogP contribution in [0.3, 0.4) is 0 Å². The van der Waals surface area contributed by atoms with Crippen LogP contribution in [0.5, 0.6) is 12.0 Å². The number of rotatable bonds is 4. The quantitative estimate of drug-likeness (QED) is 0.778. The molecule has 19 heavy (non-hydrogen) atoms. The van der Waals surface area contributed by atoms with Crippen molar-refractivity contribution < 1.29 is 9.47 Å². The molecule has 0 atom stereocenters. The first-order chi connectivity index (χ1) is 9.10. The molecule has 0 saturated carbocycles. The SMILES string of the molecule is COc1nc(OC)nc(Sc2nc(C)cc(C)n2)n1. The number of hydrogen-bond donors (Lipinski definition) is 0. The maximum Gasteiger partial charge on any atom is 0.323 e. The Labute approximate surface area is 114 Å². The van der Waals surface area contributed by atoms with Crippen LogP contribution < -0.4 is 9.47 Å². The highest BCUT2D eigenvalue weighted by Gasteiger charge is 2.10. The van der Waals surface area contributed by atoms with Crippen LogP contribution in [0.25, 0.3) is 0 Å². The summed E-state index contributed by atoms with van der Waals surface area (Å²) >= 11 is 1.23. The van der Waals surface area contributed by atoms with E-state index in [1.54, 1.807) is 0 Å². The summed E-state index contributed by atoms with van der Waals surface area (Å²) in [5.41, 5.74) is 1.78. The van der Waals surface area contributed by atoms with E-state index in [1.165, 1.54) is 26.0 Å². The largest absolute Gasteiger partial charge is 0.467 e. The third kappa shape index (κ3) is 3.50. The van der Waals surface area contributed by atoms with E-state index in [-0.39, 0.29) is 12.0 Å². The van der Waals surface area contributed by atoms with Crippen LogP contribution in [0.2, 0.25) is 0 Å². The molecular formula is C11H13N5O2S. The normalized spacial score (nSPS) is 10.3. The molecule has 2 aromatic rings. The van der Waals surface area contributed by atoms with Gasteiger partial charge in [-0.15, -0.1) is 4.98 Å². The number of nitrogens with zero attached hydrogens (tertiary/aromatic N) is 5. The highest BCUT2D eigenvalue weighted by molar-refractivity contribution is 7.99. The van der Waals surface area contributed by atoms with E-state index >= 15 is 0 Å². The van der Waals surface area contributed by atoms with E-state index in [2.05, 4.69) is 24.9 Å². The summed E-state index contributed by atoms with van der Waals surface area (Å²) in [5, 5.41) is 1.00. The van der Waals surface area contributed by atoms with E-state index in [9.17, 15) is 0 Å². The molecule has 7 nitrogen and oxygen atoms in total. The molecule has 2 rings (SSSR count). The molecule has 0 unspecified atom stereocenters. The molecule has 0 saturated heterocycles. The van der Waals surface area contributed by atoms with Gasteiger partial charge in [0.2, 0.25) is 5.16 Å². The van der Waals surface area contributed by atoms with Crippen LogP contribution in [0.1, 0.15) is 11.4 Å². The Morgan fingerprint density at radius 1 is 0.789 bits per heavy atom. The zero-order valence-corrected chi connectivity index (χ0v) is 11.9. The molecule has 2 heterocycles. The fourth-order valence-corrected chi connectivity index (χ4v) is 2.16. The minimum absolute atomic E-state index is 0.193. The van der Waals surface area contributed by atoms with Crippen LogP contribution in [-0.2, 0) is 0 Å². The maximum atomic E-state index is 4.99. The van der Waals surface area contributed by atoms with Crippen LogP contribution in [0.4, 0.5) is 0 Å². The maximum absolute atomic E-state index is 4.99. The summed E-state index contributed by atoms with van der Waals surface area (Å²) < 4.78 is 9.97. The van der Waals surface area contributed by atoms with Gasteiger partial charge in [-0.25, -0.2) is 9.97 Å². The monoisotopic (exact) mass is 279 g/mol. The summed E-state index contributed by atoms with van der Waals surface area (Å²) in [5.74, 6) is 0. The van der Waals surface area contributed by atoms with Crippen molar-refractivity contribution in [3.8, 4) is 12.0 Å². The van der Waals surface area contributed by atoms with Gasteiger partial charge in [0, 0.05) is 11.4 Å². The average molecular weight is 279 g/mol.